The molecule has 0 spiro atoms. The van der Waals surface area contributed by atoms with Gasteiger partial charge in [0.05, 0.1) is 6.61 Å². The molecule has 1 heterocycles. The van der Waals surface area contributed by atoms with Crippen molar-refractivity contribution in [2.45, 2.75) is 48.3 Å². The number of guanidine groups is 1. The highest BCUT2D eigenvalue weighted by atomic mass is 32.2. The van der Waals surface area contributed by atoms with Crippen LogP contribution in [0.4, 0.5) is 4.79 Å². The predicted molar refractivity (Wildman–Crippen MR) is 110 cm³/mol. The summed E-state index contributed by atoms with van der Waals surface area (Å²) in [6.45, 7) is 4.62. The van der Waals surface area contributed by atoms with Crippen LogP contribution in [0, 0.1) is 0 Å². The Bertz CT molecular complexity index is 641. The van der Waals surface area contributed by atoms with Gasteiger partial charge in [0.1, 0.15) is 0 Å². The molecule has 27 heavy (non-hydrogen) atoms. The third-order valence-corrected chi connectivity index (χ3v) is 6.54. The number of hydrogen-bond donors (Lipinski definition) is 2. The van der Waals surface area contributed by atoms with E-state index in [1.165, 1.54) is 17.7 Å². The van der Waals surface area contributed by atoms with Crippen molar-refractivity contribution >= 4 is 23.8 Å². The fraction of sp³-hybridized carbons (Fsp3) is 0.600. The Morgan fingerprint density at radius 2 is 2.00 bits per heavy atom. The van der Waals surface area contributed by atoms with Gasteiger partial charge in [-0.15, -0.1) is 11.8 Å². The van der Waals surface area contributed by atoms with E-state index in [4.69, 9.17) is 4.74 Å². The van der Waals surface area contributed by atoms with Crippen LogP contribution >= 0.6 is 11.8 Å². The zero-order chi connectivity index (χ0) is 19.1. The van der Waals surface area contributed by atoms with Gasteiger partial charge in [-0.25, -0.2) is 4.79 Å². The van der Waals surface area contributed by atoms with Crippen molar-refractivity contribution in [2.24, 2.45) is 4.99 Å². The van der Waals surface area contributed by atoms with E-state index in [0.29, 0.717) is 12.6 Å². The first-order chi connectivity index (χ1) is 13.1. The van der Waals surface area contributed by atoms with Crippen molar-refractivity contribution in [1.29, 1.82) is 0 Å². The molecule has 1 saturated heterocycles. The van der Waals surface area contributed by atoms with E-state index in [1.54, 1.807) is 4.90 Å². The first-order valence-electron chi connectivity index (χ1n) is 9.77. The Hall–Kier alpha value is -1.89. The van der Waals surface area contributed by atoms with E-state index in [9.17, 15) is 4.79 Å². The van der Waals surface area contributed by atoms with E-state index in [1.807, 2.05) is 25.7 Å². The van der Waals surface area contributed by atoms with Crippen LogP contribution in [0.15, 0.2) is 40.2 Å². The van der Waals surface area contributed by atoms with Gasteiger partial charge in [0.2, 0.25) is 0 Å². The highest BCUT2D eigenvalue weighted by Crippen LogP contribution is 2.51. The summed E-state index contributed by atoms with van der Waals surface area (Å²) in [5, 5.41) is 7.02. The molecule has 2 N–H and O–H groups in total. The van der Waals surface area contributed by atoms with Crippen LogP contribution in [0.2, 0.25) is 0 Å². The van der Waals surface area contributed by atoms with Crippen molar-refractivity contribution in [2.75, 3.05) is 33.3 Å². The minimum absolute atomic E-state index is 0.202. The molecule has 0 unspecified atom stereocenters. The lowest BCUT2D eigenvalue weighted by atomic mass is 10.1. The van der Waals surface area contributed by atoms with Crippen molar-refractivity contribution in [1.82, 2.24) is 15.5 Å². The molecular formula is C20H30N4O2S. The molecule has 1 amide bonds. The topological polar surface area (TPSA) is 66.0 Å². The summed E-state index contributed by atoms with van der Waals surface area (Å²) in [6.07, 6.45) is 4.07. The number of amides is 1. The zero-order valence-corrected chi connectivity index (χ0v) is 17.1. The molecule has 2 fully saturated rings. The molecule has 2 aliphatic rings. The lowest BCUT2D eigenvalue weighted by molar-refractivity contribution is 0.0963. The summed E-state index contributed by atoms with van der Waals surface area (Å²) in [6, 6.07) is 10.9. The second kappa shape index (κ2) is 9.35. The number of nitrogens with one attached hydrogen (secondary N) is 2. The molecule has 0 radical (unpaired) electrons. The van der Waals surface area contributed by atoms with E-state index in [2.05, 4.69) is 46.0 Å². The number of rotatable bonds is 6. The number of piperidine rings is 1. The van der Waals surface area contributed by atoms with Crippen LogP contribution in [0.1, 0.15) is 32.6 Å². The van der Waals surface area contributed by atoms with E-state index >= 15 is 0 Å². The second-order valence-corrected chi connectivity index (χ2v) is 8.67. The summed E-state index contributed by atoms with van der Waals surface area (Å²) >= 11 is 1.96. The van der Waals surface area contributed by atoms with Gasteiger partial charge in [-0.1, -0.05) is 18.2 Å². The number of ether oxygens (including phenoxy) is 1. The highest BCUT2D eigenvalue weighted by molar-refractivity contribution is 8.01. The number of aliphatic imine (C=N–C) groups is 1. The molecule has 6 nitrogen and oxygen atoms in total. The number of carbonyl (C=O) groups is 1. The van der Waals surface area contributed by atoms with Gasteiger partial charge in [-0.2, -0.15) is 0 Å². The Kier molecular flexibility index (Phi) is 6.88. The molecule has 7 heteroatoms. The van der Waals surface area contributed by atoms with Gasteiger partial charge in [0.25, 0.3) is 0 Å². The van der Waals surface area contributed by atoms with E-state index in [-0.39, 0.29) is 10.8 Å². The quantitative estimate of drug-likeness (QED) is 0.577. The van der Waals surface area contributed by atoms with Crippen LogP contribution in [0.25, 0.3) is 0 Å². The van der Waals surface area contributed by atoms with Crippen molar-refractivity contribution in [3.05, 3.63) is 30.3 Å². The average molecular weight is 391 g/mol. The minimum Gasteiger partial charge on any atom is -0.450 e. The number of thioether (sulfide) groups is 1. The number of benzene rings is 1. The average Bonchev–Trinajstić information content (AvgIpc) is 3.46. The lowest BCUT2D eigenvalue weighted by Crippen LogP contribution is -2.50. The number of likely N-dealkylation sites (tertiary alicyclic amines) is 1. The second-order valence-electron chi connectivity index (χ2n) is 7.13. The van der Waals surface area contributed by atoms with Crippen LogP contribution in [0.5, 0.6) is 0 Å². The smallest absolute Gasteiger partial charge is 0.409 e. The summed E-state index contributed by atoms with van der Waals surface area (Å²) < 4.78 is 5.36. The standard InChI is InChI=1S/C20H30N4O2S/c1-3-26-19(25)24-13-9-16(10-14-24)23-18(21-2)22-15-20(11-12-20)27-17-7-5-4-6-8-17/h4-8,16H,3,9-15H2,1-2H3,(H2,21,22,23). The van der Waals surface area contributed by atoms with Crippen LogP contribution in [0.3, 0.4) is 0 Å². The highest BCUT2D eigenvalue weighted by Gasteiger charge is 2.43. The van der Waals surface area contributed by atoms with E-state index in [0.717, 1.165) is 38.4 Å². The van der Waals surface area contributed by atoms with Crippen LogP contribution < -0.4 is 10.6 Å². The Balaban J connectivity index is 1.42. The van der Waals surface area contributed by atoms with Gasteiger partial charge < -0.3 is 20.3 Å². The maximum Gasteiger partial charge on any atom is 0.409 e. The number of hydrogen-bond acceptors (Lipinski definition) is 4. The number of carbonyl (C=O) groups excluding carboxylic acids is 1. The molecule has 1 aliphatic heterocycles. The molecule has 1 saturated carbocycles. The minimum atomic E-state index is -0.202. The monoisotopic (exact) mass is 390 g/mol. The predicted octanol–water partition coefficient (Wildman–Crippen LogP) is 3.10. The largest absolute Gasteiger partial charge is 0.450 e. The number of nitrogens with zero attached hydrogens (tertiary/aromatic N) is 2. The first-order valence-corrected chi connectivity index (χ1v) is 10.6. The summed E-state index contributed by atoms with van der Waals surface area (Å²) in [7, 11) is 1.81. The molecule has 1 aromatic carbocycles. The molecule has 1 aromatic rings. The zero-order valence-electron chi connectivity index (χ0n) is 16.2. The van der Waals surface area contributed by atoms with Crippen molar-refractivity contribution in [3.63, 3.8) is 0 Å². The summed E-state index contributed by atoms with van der Waals surface area (Å²) in [5.41, 5.74) is 0. The molecule has 0 bridgehead atoms. The first kappa shape index (κ1) is 19.9. The molecule has 3 rings (SSSR count). The van der Waals surface area contributed by atoms with Gasteiger partial charge in [-0.3, -0.25) is 4.99 Å². The Morgan fingerprint density at radius 1 is 1.30 bits per heavy atom. The Labute approximate surface area is 166 Å². The molecule has 0 atom stereocenters. The van der Waals surface area contributed by atoms with Crippen molar-refractivity contribution in [3.8, 4) is 0 Å². The normalized spacial score (nSPS) is 19.5. The van der Waals surface area contributed by atoms with Gasteiger partial charge in [0, 0.05) is 42.4 Å². The third-order valence-electron chi connectivity index (χ3n) is 5.05. The molecular weight excluding hydrogens is 360 g/mol. The molecule has 0 aromatic heterocycles. The van der Waals surface area contributed by atoms with Crippen molar-refractivity contribution < 1.29 is 9.53 Å². The molecule has 148 valence electrons. The maximum absolute atomic E-state index is 11.8. The van der Waals surface area contributed by atoms with Gasteiger partial charge in [-0.05, 0) is 44.7 Å². The van der Waals surface area contributed by atoms with E-state index < -0.39 is 0 Å². The SMILES string of the molecule is CCOC(=O)N1CCC(NC(=NC)NCC2(Sc3ccccc3)CC2)CC1. The summed E-state index contributed by atoms with van der Waals surface area (Å²) in [4.78, 5) is 19.3. The maximum atomic E-state index is 11.8. The Morgan fingerprint density at radius 3 is 2.59 bits per heavy atom. The fourth-order valence-electron chi connectivity index (χ4n) is 3.25. The fourth-order valence-corrected chi connectivity index (χ4v) is 4.49. The van der Waals surface area contributed by atoms with Gasteiger partial charge >= 0.3 is 6.09 Å². The van der Waals surface area contributed by atoms with Crippen LogP contribution in [-0.4, -0.2) is 61.0 Å². The lowest BCUT2D eigenvalue weighted by Gasteiger charge is -2.32. The summed E-state index contributed by atoms with van der Waals surface area (Å²) in [5.74, 6) is 0.851. The third kappa shape index (κ3) is 5.79. The van der Waals surface area contributed by atoms with Crippen LogP contribution in [-0.2, 0) is 4.74 Å². The van der Waals surface area contributed by atoms with Gasteiger partial charge in [0.15, 0.2) is 5.96 Å². The molecule has 1 aliphatic carbocycles.